The molecular weight excluding hydrogens is 312 g/mol. The van der Waals surface area contributed by atoms with Crippen LogP contribution in [0.1, 0.15) is 35.3 Å². The Hall–Kier alpha value is -2.94. The number of hydrogen-bond donors (Lipinski definition) is 0. The minimum absolute atomic E-state index is 0.0185. The second-order valence-electron chi connectivity index (χ2n) is 6.37. The molecule has 126 valence electrons. The number of Topliss-reactive ketones (excluding diaryl/α,β-unsaturated/α-hetero) is 1. The summed E-state index contributed by atoms with van der Waals surface area (Å²) in [5.41, 5.74) is 2.36. The largest absolute Gasteiger partial charge is 0.497 e. The van der Waals surface area contributed by atoms with Crippen LogP contribution in [0, 0.1) is 0 Å². The summed E-state index contributed by atoms with van der Waals surface area (Å²) < 4.78 is 5.10. The van der Waals surface area contributed by atoms with E-state index in [1.807, 2.05) is 44.2 Å². The van der Waals surface area contributed by atoms with Crippen LogP contribution in [-0.4, -0.2) is 18.7 Å². The molecule has 0 N–H and O–H groups in total. The minimum atomic E-state index is -0.836. The number of benzene rings is 2. The number of ketones is 2. The predicted octanol–water partition coefficient (Wildman–Crippen LogP) is 4.38. The molecule has 0 radical (unpaired) electrons. The number of carbonyl (C=O) groups is 2. The van der Waals surface area contributed by atoms with Gasteiger partial charge in [-0.25, -0.2) is 0 Å². The van der Waals surface area contributed by atoms with Crippen molar-refractivity contribution in [3.63, 3.8) is 0 Å². The second-order valence-corrected chi connectivity index (χ2v) is 6.37. The van der Waals surface area contributed by atoms with E-state index in [1.165, 1.54) is 6.08 Å². The maximum absolute atomic E-state index is 12.8. The quantitative estimate of drug-likeness (QED) is 0.616. The normalized spacial score (nSPS) is 19.5. The smallest absolute Gasteiger partial charge is 0.185 e. The highest BCUT2D eigenvalue weighted by Gasteiger charge is 2.37. The number of allylic oxidation sites excluding steroid dienone is 3. The van der Waals surface area contributed by atoms with Crippen molar-refractivity contribution in [3.05, 3.63) is 82.9 Å². The Morgan fingerprint density at radius 3 is 2.44 bits per heavy atom. The Morgan fingerprint density at radius 2 is 1.76 bits per heavy atom. The van der Waals surface area contributed by atoms with Crippen molar-refractivity contribution in [2.75, 3.05) is 7.11 Å². The Labute approximate surface area is 147 Å². The lowest BCUT2D eigenvalue weighted by molar-refractivity contribution is -0.118. The SMILES string of the molecule is COc1ccc(C(=O)/C=C\[C@@]2(C)C(=O)C(C)=Cc3ccccc32)cc1. The Morgan fingerprint density at radius 1 is 1.08 bits per heavy atom. The van der Waals surface area contributed by atoms with E-state index in [2.05, 4.69) is 0 Å². The molecule has 0 spiro atoms. The van der Waals surface area contributed by atoms with E-state index in [0.717, 1.165) is 11.1 Å². The summed E-state index contributed by atoms with van der Waals surface area (Å²) in [5, 5.41) is 0. The molecule has 0 unspecified atom stereocenters. The molecule has 0 amide bonds. The molecule has 0 bridgehead atoms. The predicted molar refractivity (Wildman–Crippen MR) is 98.9 cm³/mol. The van der Waals surface area contributed by atoms with E-state index >= 15 is 0 Å². The molecule has 3 heteroatoms. The molecule has 1 aliphatic carbocycles. The van der Waals surface area contributed by atoms with Crippen molar-refractivity contribution in [2.24, 2.45) is 0 Å². The first-order valence-electron chi connectivity index (χ1n) is 8.16. The summed E-state index contributed by atoms with van der Waals surface area (Å²) in [4.78, 5) is 25.3. The van der Waals surface area contributed by atoms with Crippen molar-refractivity contribution < 1.29 is 14.3 Å². The maximum atomic E-state index is 12.8. The van der Waals surface area contributed by atoms with Crippen LogP contribution < -0.4 is 4.74 Å². The number of rotatable bonds is 4. The average Bonchev–Trinajstić information content (AvgIpc) is 2.64. The van der Waals surface area contributed by atoms with Crippen LogP contribution >= 0.6 is 0 Å². The average molecular weight is 332 g/mol. The topological polar surface area (TPSA) is 43.4 Å². The molecule has 3 rings (SSSR count). The van der Waals surface area contributed by atoms with Gasteiger partial charge in [0.2, 0.25) is 0 Å². The third-order valence-electron chi connectivity index (χ3n) is 4.66. The van der Waals surface area contributed by atoms with Gasteiger partial charge in [-0.3, -0.25) is 9.59 Å². The summed E-state index contributed by atoms with van der Waals surface area (Å²) in [6.45, 7) is 3.68. The summed E-state index contributed by atoms with van der Waals surface area (Å²) in [5.74, 6) is 0.580. The monoisotopic (exact) mass is 332 g/mol. The maximum Gasteiger partial charge on any atom is 0.185 e. The van der Waals surface area contributed by atoms with E-state index < -0.39 is 5.41 Å². The zero-order valence-corrected chi connectivity index (χ0v) is 14.6. The van der Waals surface area contributed by atoms with Gasteiger partial charge in [-0.05, 0) is 67.0 Å². The molecule has 0 saturated carbocycles. The zero-order valence-electron chi connectivity index (χ0n) is 14.6. The fourth-order valence-corrected chi connectivity index (χ4v) is 3.19. The highest BCUT2D eigenvalue weighted by molar-refractivity contribution is 6.11. The van der Waals surface area contributed by atoms with Gasteiger partial charge in [-0.1, -0.05) is 30.3 Å². The first-order chi connectivity index (χ1) is 12.0. The van der Waals surface area contributed by atoms with E-state index in [0.29, 0.717) is 16.9 Å². The van der Waals surface area contributed by atoms with Crippen LogP contribution in [0.3, 0.4) is 0 Å². The van der Waals surface area contributed by atoms with E-state index in [-0.39, 0.29) is 11.6 Å². The van der Waals surface area contributed by atoms with Gasteiger partial charge in [-0.2, -0.15) is 0 Å². The molecule has 0 aromatic heterocycles. The molecule has 2 aromatic rings. The Balaban J connectivity index is 1.94. The van der Waals surface area contributed by atoms with Crippen LogP contribution in [-0.2, 0) is 10.2 Å². The molecule has 1 atom stereocenters. The van der Waals surface area contributed by atoms with Gasteiger partial charge in [-0.15, -0.1) is 0 Å². The van der Waals surface area contributed by atoms with E-state index in [9.17, 15) is 9.59 Å². The van der Waals surface area contributed by atoms with Gasteiger partial charge in [0.05, 0.1) is 12.5 Å². The lowest BCUT2D eigenvalue weighted by Crippen LogP contribution is -2.34. The Kier molecular flexibility index (Phi) is 4.41. The molecule has 3 nitrogen and oxygen atoms in total. The Bertz CT molecular complexity index is 888. The van der Waals surface area contributed by atoms with Crippen LogP contribution in [0.5, 0.6) is 5.75 Å². The number of fused-ring (bicyclic) bond motifs is 1. The molecule has 0 fully saturated rings. The summed E-state index contributed by atoms with van der Waals surface area (Å²) in [6.07, 6.45) is 5.12. The molecular formula is C22H20O3. The van der Waals surface area contributed by atoms with Crippen molar-refractivity contribution in [2.45, 2.75) is 19.3 Å². The molecule has 0 aliphatic heterocycles. The molecule has 0 saturated heterocycles. The van der Waals surface area contributed by atoms with Crippen molar-refractivity contribution in [1.29, 1.82) is 0 Å². The second kappa shape index (κ2) is 6.52. The van der Waals surface area contributed by atoms with E-state index in [4.69, 9.17) is 4.74 Å². The number of carbonyl (C=O) groups excluding carboxylic acids is 2. The first kappa shape index (κ1) is 16.9. The molecule has 1 aliphatic rings. The molecule has 0 heterocycles. The fraction of sp³-hybridized carbons (Fsp3) is 0.182. The van der Waals surface area contributed by atoms with Gasteiger partial charge in [0, 0.05) is 5.56 Å². The summed E-state index contributed by atoms with van der Waals surface area (Å²) in [6, 6.07) is 14.7. The van der Waals surface area contributed by atoms with Crippen LogP contribution in [0.15, 0.2) is 66.3 Å². The van der Waals surface area contributed by atoms with Gasteiger partial charge in [0.15, 0.2) is 11.6 Å². The van der Waals surface area contributed by atoms with Crippen LogP contribution in [0.25, 0.3) is 6.08 Å². The highest BCUT2D eigenvalue weighted by Crippen LogP contribution is 2.37. The van der Waals surface area contributed by atoms with Crippen molar-refractivity contribution in [3.8, 4) is 5.75 Å². The van der Waals surface area contributed by atoms with E-state index in [1.54, 1.807) is 37.5 Å². The number of ether oxygens (including phenoxy) is 1. The van der Waals surface area contributed by atoms with Crippen molar-refractivity contribution >= 4 is 17.6 Å². The van der Waals surface area contributed by atoms with Gasteiger partial charge >= 0.3 is 0 Å². The lowest BCUT2D eigenvalue weighted by Gasteiger charge is -2.31. The standard InChI is InChI=1S/C22H20O3/c1-15-14-17-6-4-5-7-19(17)22(2,21(15)24)13-12-20(23)16-8-10-18(25-3)11-9-16/h4-14H,1-3H3/b13-12-/t22-/m1/s1. The highest BCUT2D eigenvalue weighted by atomic mass is 16.5. The number of methoxy groups -OCH3 is 1. The summed E-state index contributed by atoms with van der Waals surface area (Å²) >= 11 is 0. The third-order valence-corrected chi connectivity index (χ3v) is 4.66. The lowest BCUT2D eigenvalue weighted by atomic mass is 9.70. The van der Waals surface area contributed by atoms with Gasteiger partial charge < -0.3 is 4.74 Å². The number of hydrogen-bond acceptors (Lipinski definition) is 3. The van der Waals surface area contributed by atoms with Gasteiger partial charge in [0.25, 0.3) is 0 Å². The first-order valence-corrected chi connectivity index (χ1v) is 8.16. The van der Waals surface area contributed by atoms with Crippen molar-refractivity contribution in [1.82, 2.24) is 0 Å². The molecule has 2 aromatic carbocycles. The zero-order chi connectivity index (χ0) is 18.0. The van der Waals surface area contributed by atoms with Crippen LogP contribution in [0.2, 0.25) is 0 Å². The molecule has 25 heavy (non-hydrogen) atoms. The van der Waals surface area contributed by atoms with Crippen LogP contribution in [0.4, 0.5) is 0 Å². The minimum Gasteiger partial charge on any atom is -0.497 e. The summed E-state index contributed by atoms with van der Waals surface area (Å²) in [7, 11) is 1.58. The fourth-order valence-electron chi connectivity index (χ4n) is 3.19. The van der Waals surface area contributed by atoms with Gasteiger partial charge in [0.1, 0.15) is 5.75 Å². The third kappa shape index (κ3) is 3.05.